The lowest BCUT2D eigenvalue weighted by Gasteiger charge is -2.30. The highest BCUT2D eigenvalue weighted by atomic mass is 32.7. The van der Waals surface area contributed by atoms with E-state index in [1.165, 1.54) is 7.11 Å². The highest BCUT2D eigenvalue weighted by Crippen LogP contribution is 2.47. The summed E-state index contributed by atoms with van der Waals surface area (Å²) in [7, 11) is -6.18. The number of ether oxygens (including phenoxy) is 2. The van der Waals surface area contributed by atoms with Gasteiger partial charge in [-0.1, -0.05) is 0 Å². The van der Waals surface area contributed by atoms with Crippen molar-refractivity contribution < 1.29 is 37.4 Å². The molecule has 1 fully saturated rings. The van der Waals surface area contributed by atoms with E-state index in [0.717, 1.165) is 16.8 Å². The van der Waals surface area contributed by atoms with Gasteiger partial charge in [-0.25, -0.2) is 9.36 Å². The molecular weight excluding hydrogens is 428 g/mol. The van der Waals surface area contributed by atoms with Gasteiger partial charge in [0.05, 0.1) is 6.61 Å². The van der Waals surface area contributed by atoms with Gasteiger partial charge in [-0.3, -0.25) is 18.9 Å². The molecule has 2 heterocycles. The standard InChI is InChI=1S/C11H17N3O10P2S/c1-21-7-8(24-25(17)27)11(4-12,5-22-26(18,19)20)23-9(7)14-3-2-6(15)13-10(14)16/h2-3,7-9H,4-5,12H2,1H3,(H3-,13,15,16,17,18,19,20,27)/p+1. The number of rotatable bonds is 8. The molecule has 5 atom stereocenters. The highest BCUT2D eigenvalue weighted by Gasteiger charge is 2.60. The van der Waals surface area contributed by atoms with Gasteiger partial charge >= 0.3 is 20.7 Å². The average Bonchev–Trinajstić information content (AvgIpc) is 2.85. The van der Waals surface area contributed by atoms with E-state index in [1.807, 2.05) is 4.98 Å². The predicted molar refractivity (Wildman–Crippen MR) is 93.5 cm³/mol. The van der Waals surface area contributed by atoms with E-state index in [2.05, 4.69) is 16.8 Å². The van der Waals surface area contributed by atoms with Crippen LogP contribution in [0.1, 0.15) is 6.23 Å². The molecule has 1 saturated heterocycles. The lowest BCUT2D eigenvalue weighted by Crippen LogP contribution is -2.53. The Morgan fingerprint density at radius 2 is 2.19 bits per heavy atom. The smallest absolute Gasteiger partial charge is 0.374 e. The van der Waals surface area contributed by atoms with Gasteiger partial charge in [-0.2, -0.15) is 0 Å². The average molecular weight is 446 g/mol. The summed E-state index contributed by atoms with van der Waals surface area (Å²) in [6, 6.07) is 1.06. The molecule has 0 spiro atoms. The zero-order valence-corrected chi connectivity index (χ0v) is 16.5. The first-order chi connectivity index (χ1) is 12.5. The third-order valence-corrected chi connectivity index (χ3v) is 5.03. The Labute approximate surface area is 158 Å². The number of phosphoric ester groups is 1. The summed E-state index contributed by atoms with van der Waals surface area (Å²) in [4.78, 5) is 43.4. The van der Waals surface area contributed by atoms with Gasteiger partial charge < -0.3 is 25.0 Å². The highest BCUT2D eigenvalue weighted by molar-refractivity contribution is 8.39. The van der Waals surface area contributed by atoms with Gasteiger partial charge in [0.25, 0.3) is 5.56 Å². The number of aromatic nitrogens is 2. The molecule has 5 N–H and O–H groups in total. The van der Waals surface area contributed by atoms with Crippen LogP contribution in [0.2, 0.25) is 0 Å². The minimum Gasteiger partial charge on any atom is -0.374 e. The van der Waals surface area contributed by atoms with Crippen LogP contribution >= 0.6 is 27.3 Å². The van der Waals surface area contributed by atoms with Gasteiger partial charge in [0.2, 0.25) is 0 Å². The van der Waals surface area contributed by atoms with Crippen molar-refractivity contribution >= 4 is 27.3 Å². The Hall–Kier alpha value is -0.920. The number of nitrogens with zero attached hydrogens (tertiary/aromatic N) is 1. The second-order valence-electron chi connectivity index (χ2n) is 5.52. The number of hydrogen-bond donors (Lipinski definition) is 5. The molecule has 0 aromatic carbocycles. The number of H-pyrrole nitrogens is 1. The Balaban J connectivity index is 2.51. The van der Waals surface area contributed by atoms with Crippen molar-refractivity contribution in [1.29, 1.82) is 0 Å². The van der Waals surface area contributed by atoms with Crippen molar-refractivity contribution in [3.05, 3.63) is 33.1 Å². The van der Waals surface area contributed by atoms with Crippen molar-refractivity contribution in [2.45, 2.75) is 24.0 Å². The summed E-state index contributed by atoms with van der Waals surface area (Å²) in [5, 5.41) is 0. The fourth-order valence-electron chi connectivity index (χ4n) is 2.69. The van der Waals surface area contributed by atoms with Crippen LogP contribution in [0.3, 0.4) is 0 Å². The van der Waals surface area contributed by atoms with Gasteiger partial charge in [0.15, 0.2) is 12.3 Å². The zero-order valence-electron chi connectivity index (χ0n) is 13.8. The van der Waals surface area contributed by atoms with E-state index in [-0.39, 0.29) is 0 Å². The van der Waals surface area contributed by atoms with E-state index < -0.39 is 63.5 Å². The topological polar surface area (TPSA) is 192 Å². The number of aromatic amines is 1. The molecule has 1 aliphatic heterocycles. The van der Waals surface area contributed by atoms with E-state index in [9.17, 15) is 18.7 Å². The molecule has 0 amide bonds. The number of nitrogens with two attached hydrogens (primary N) is 1. The molecule has 152 valence electrons. The molecule has 1 aromatic heterocycles. The minimum absolute atomic E-state index is 0.400. The van der Waals surface area contributed by atoms with Crippen LogP contribution in [-0.2, 0) is 27.7 Å². The van der Waals surface area contributed by atoms with Crippen molar-refractivity contribution in [2.24, 2.45) is 5.73 Å². The number of methoxy groups -OCH3 is 1. The Morgan fingerprint density at radius 1 is 1.52 bits per heavy atom. The molecule has 27 heavy (non-hydrogen) atoms. The third-order valence-electron chi connectivity index (χ3n) is 3.88. The Kier molecular flexibility index (Phi) is 7.14. The summed E-state index contributed by atoms with van der Waals surface area (Å²) in [5.41, 5.74) is 2.50. The predicted octanol–water partition coefficient (Wildman–Crippen LogP) is -1.14. The maximum absolute atomic E-state index is 12.1. The molecule has 0 bridgehead atoms. The largest absolute Gasteiger partial charge is 0.582 e. The zero-order chi connectivity index (χ0) is 20.4. The second kappa shape index (κ2) is 8.62. The SMILES string of the molecule is COC1C(n2ccc(=O)[nH]c2=O)OC(CN)(COP(=O)(O)O)C1O[P+](=O)S. The first kappa shape index (κ1) is 22.4. The summed E-state index contributed by atoms with van der Waals surface area (Å²) >= 11 is 3.67. The molecule has 0 aliphatic carbocycles. The lowest BCUT2D eigenvalue weighted by molar-refractivity contribution is -0.117. The van der Waals surface area contributed by atoms with E-state index in [0.29, 0.717) is 0 Å². The van der Waals surface area contributed by atoms with Crippen LogP contribution in [0, 0.1) is 0 Å². The molecule has 0 saturated carbocycles. The quantitative estimate of drug-likeness (QED) is 0.239. The number of nitrogens with one attached hydrogen (secondary N) is 1. The summed E-state index contributed by atoms with van der Waals surface area (Å²) in [5.74, 6) is 0. The van der Waals surface area contributed by atoms with Crippen LogP contribution in [0.4, 0.5) is 0 Å². The van der Waals surface area contributed by atoms with Crippen LogP contribution in [0.5, 0.6) is 0 Å². The molecule has 1 aromatic rings. The van der Waals surface area contributed by atoms with Crippen molar-refractivity contribution in [3.63, 3.8) is 0 Å². The number of hydrogen-bond acceptors (Lipinski definition) is 9. The number of phosphoric acid groups is 1. The molecular formula is C11H18N3O10P2S+. The van der Waals surface area contributed by atoms with Gasteiger partial charge in [-0.05, 0) is 4.57 Å². The Bertz CT molecular complexity index is 855. The fraction of sp³-hybridized carbons (Fsp3) is 0.636. The lowest BCUT2D eigenvalue weighted by atomic mass is 9.96. The van der Waals surface area contributed by atoms with Crippen molar-refractivity contribution in [3.8, 4) is 0 Å². The minimum atomic E-state index is -4.91. The monoisotopic (exact) mass is 446 g/mol. The first-order valence-electron chi connectivity index (χ1n) is 7.28. The van der Waals surface area contributed by atoms with Crippen LogP contribution in [0.15, 0.2) is 21.9 Å². The van der Waals surface area contributed by atoms with Crippen molar-refractivity contribution in [2.75, 3.05) is 20.3 Å². The second-order valence-corrected chi connectivity index (χ2v) is 8.43. The van der Waals surface area contributed by atoms with Crippen LogP contribution in [0.25, 0.3) is 0 Å². The molecule has 2 rings (SSSR count). The summed E-state index contributed by atoms with van der Waals surface area (Å²) in [6.07, 6.45) is -2.49. The van der Waals surface area contributed by atoms with Crippen LogP contribution in [-0.4, -0.2) is 57.4 Å². The maximum Gasteiger partial charge on any atom is 0.582 e. The number of thiol groups is 1. The van der Waals surface area contributed by atoms with Crippen molar-refractivity contribution in [1.82, 2.24) is 9.55 Å². The van der Waals surface area contributed by atoms with Gasteiger partial charge in [-0.15, -0.1) is 4.52 Å². The first-order valence-corrected chi connectivity index (χ1v) is 11.1. The van der Waals surface area contributed by atoms with Gasteiger partial charge in [0, 0.05) is 25.9 Å². The Morgan fingerprint density at radius 3 is 2.67 bits per heavy atom. The van der Waals surface area contributed by atoms with E-state index in [4.69, 9.17) is 29.5 Å². The van der Waals surface area contributed by atoms with Gasteiger partial charge in [0.1, 0.15) is 24.0 Å². The molecule has 13 nitrogen and oxygen atoms in total. The maximum atomic E-state index is 12.1. The molecule has 0 radical (unpaired) electrons. The van der Waals surface area contributed by atoms with E-state index in [1.54, 1.807) is 0 Å². The third kappa shape index (κ3) is 5.12. The molecule has 5 unspecified atom stereocenters. The van der Waals surface area contributed by atoms with E-state index >= 15 is 0 Å². The fourth-order valence-corrected chi connectivity index (χ4v) is 3.89. The normalized spacial score (nSPS) is 29.1. The van der Waals surface area contributed by atoms with Crippen LogP contribution < -0.4 is 17.0 Å². The molecule has 16 heteroatoms. The summed E-state index contributed by atoms with van der Waals surface area (Å²) < 4.78 is 44.4. The summed E-state index contributed by atoms with van der Waals surface area (Å²) in [6.45, 7) is -1.16. The molecule has 1 aliphatic rings.